The summed E-state index contributed by atoms with van der Waals surface area (Å²) in [7, 11) is 0. The van der Waals surface area contributed by atoms with Crippen LogP contribution in [0.5, 0.6) is 0 Å². The number of rotatable bonds is 7. The molecule has 0 amide bonds. The maximum atomic E-state index is 6.59. The van der Waals surface area contributed by atoms with E-state index >= 15 is 0 Å². The van der Waals surface area contributed by atoms with Crippen LogP contribution >= 0.6 is 0 Å². The summed E-state index contributed by atoms with van der Waals surface area (Å²) < 4.78 is 8.96. The molecule has 1 aliphatic carbocycles. The van der Waals surface area contributed by atoms with Gasteiger partial charge < -0.3 is 8.98 Å². The largest absolute Gasteiger partial charge is 0.456 e. The fraction of sp³-hybridized carbons (Fsp3) is 0.143. The molecule has 0 fully saturated rings. The number of fused-ring (bicyclic) bond motifs is 7. The van der Waals surface area contributed by atoms with Crippen molar-refractivity contribution in [3.8, 4) is 39.5 Å². The summed E-state index contributed by atoms with van der Waals surface area (Å²) in [6, 6.07) is 56.5. The van der Waals surface area contributed by atoms with E-state index in [2.05, 4.69) is 188 Å². The predicted molar refractivity (Wildman–Crippen MR) is 252 cm³/mol. The van der Waals surface area contributed by atoms with Crippen LogP contribution in [0.3, 0.4) is 0 Å². The molecule has 11 rings (SSSR count). The van der Waals surface area contributed by atoms with Crippen LogP contribution in [0.4, 0.5) is 0 Å². The zero-order valence-corrected chi connectivity index (χ0v) is 34.6. The van der Waals surface area contributed by atoms with Crippen LogP contribution in [-0.2, 0) is 6.42 Å². The Balaban J connectivity index is 0.00000213. The first-order valence-corrected chi connectivity index (χ1v) is 21.4. The van der Waals surface area contributed by atoms with E-state index in [9.17, 15) is 0 Å². The van der Waals surface area contributed by atoms with Crippen molar-refractivity contribution < 1.29 is 4.42 Å². The van der Waals surface area contributed by atoms with E-state index in [1.165, 1.54) is 55.3 Å². The molecule has 0 saturated heterocycles. The number of aromatic nitrogens is 3. The average Bonchev–Trinajstić information content (AvgIpc) is 3.85. The Bertz CT molecular complexity index is 3350. The molecule has 7 aromatic carbocycles. The molecule has 0 bridgehead atoms. The molecule has 0 spiro atoms. The minimum absolute atomic E-state index is 0.179. The molecule has 1 unspecified atom stereocenters. The van der Waals surface area contributed by atoms with Crippen molar-refractivity contribution in [2.24, 2.45) is 0 Å². The molecule has 292 valence electrons. The van der Waals surface area contributed by atoms with Gasteiger partial charge in [0.05, 0.1) is 22.2 Å². The molecule has 1 atom stereocenters. The SMILES string of the molecule is CC.CCCc1ccccc1-c1cccc(-c2nc(-c3cccc4oc5c(c34)=CC(c3ccc4c(c3)c3ccccc3n4-c3ccccc3)CC=5)nc3ccccc23)c1C. The summed E-state index contributed by atoms with van der Waals surface area (Å²) in [6.07, 6.45) is 7.68. The van der Waals surface area contributed by atoms with Gasteiger partial charge in [-0.3, -0.25) is 0 Å². The molecule has 1 aliphatic rings. The van der Waals surface area contributed by atoms with Gasteiger partial charge >= 0.3 is 0 Å². The summed E-state index contributed by atoms with van der Waals surface area (Å²) in [6.45, 7) is 8.48. The normalized spacial score (nSPS) is 13.5. The summed E-state index contributed by atoms with van der Waals surface area (Å²) in [5.74, 6) is 0.878. The van der Waals surface area contributed by atoms with Crippen molar-refractivity contribution >= 4 is 55.8 Å². The van der Waals surface area contributed by atoms with Gasteiger partial charge in [0.15, 0.2) is 5.82 Å². The third kappa shape index (κ3) is 6.22. The fourth-order valence-corrected chi connectivity index (χ4v) is 9.36. The van der Waals surface area contributed by atoms with Crippen molar-refractivity contribution in [2.45, 2.75) is 52.9 Å². The van der Waals surface area contributed by atoms with Crippen LogP contribution in [-0.4, -0.2) is 14.5 Å². The number of para-hydroxylation sites is 3. The van der Waals surface area contributed by atoms with E-state index in [0.29, 0.717) is 5.82 Å². The van der Waals surface area contributed by atoms with Gasteiger partial charge in [0.1, 0.15) is 11.0 Å². The summed E-state index contributed by atoms with van der Waals surface area (Å²) >= 11 is 0. The van der Waals surface area contributed by atoms with Gasteiger partial charge in [0, 0.05) is 49.5 Å². The molecule has 4 heteroatoms. The topological polar surface area (TPSA) is 43.9 Å². The first-order valence-electron chi connectivity index (χ1n) is 21.4. The molecule has 10 aromatic rings. The van der Waals surface area contributed by atoms with E-state index in [1.54, 1.807) is 0 Å². The van der Waals surface area contributed by atoms with Crippen molar-refractivity contribution in [3.05, 3.63) is 185 Å². The Morgan fingerprint density at radius 1 is 0.633 bits per heavy atom. The van der Waals surface area contributed by atoms with Crippen molar-refractivity contribution in [1.82, 2.24) is 14.5 Å². The van der Waals surface area contributed by atoms with Gasteiger partial charge in [0.25, 0.3) is 0 Å². The molecule has 3 heterocycles. The maximum Gasteiger partial charge on any atom is 0.161 e. The maximum absolute atomic E-state index is 6.59. The van der Waals surface area contributed by atoms with Crippen LogP contribution in [0.2, 0.25) is 0 Å². The Morgan fingerprint density at radius 3 is 2.20 bits per heavy atom. The van der Waals surface area contributed by atoms with Crippen molar-refractivity contribution in [3.63, 3.8) is 0 Å². The third-order valence-corrected chi connectivity index (χ3v) is 12.1. The predicted octanol–water partition coefficient (Wildman–Crippen LogP) is 13.5. The van der Waals surface area contributed by atoms with Gasteiger partial charge in [0.2, 0.25) is 0 Å². The quantitative estimate of drug-likeness (QED) is 0.162. The van der Waals surface area contributed by atoms with Gasteiger partial charge in [-0.25, -0.2) is 9.97 Å². The highest BCUT2D eigenvalue weighted by Gasteiger charge is 2.22. The molecule has 60 heavy (non-hydrogen) atoms. The van der Waals surface area contributed by atoms with Crippen LogP contribution < -0.4 is 10.6 Å². The molecule has 0 saturated carbocycles. The number of hydrogen-bond donors (Lipinski definition) is 0. The minimum atomic E-state index is 0.179. The van der Waals surface area contributed by atoms with Crippen molar-refractivity contribution in [1.29, 1.82) is 0 Å². The molecule has 0 N–H and O–H groups in total. The van der Waals surface area contributed by atoms with Crippen LogP contribution in [0.15, 0.2) is 162 Å². The summed E-state index contributed by atoms with van der Waals surface area (Å²) in [5.41, 5.74) is 15.7. The Labute approximate surface area is 350 Å². The number of benzene rings is 7. The lowest BCUT2D eigenvalue weighted by molar-refractivity contribution is 0.570. The highest BCUT2D eigenvalue weighted by atomic mass is 16.3. The second kappa shape index (κ2) is 15.6. The molecular formula is C56H47N3O. The molecule has 4 nitrogen and oxygen atoms in total. The Morgan fingerprint density at radius 2 is 1.33 bits per heavy atom. The highest BCUT2D eigenvalue weighted by Crippen LogP contribution is 2.39. The molecule has 0 aliphatic heterocycles. The zero-order valence-electron chi connectivity index (χ0n) is 34.6. The third-order valence-electron chi connectivity index (χ3n) is 12.1. The monoisotopic (exact) mass is 777 g/mol. The minimum Gasteiger partial charge on any atom is -0.456 e. The number of hydrogen-bond acceptors (Lipinski definition) is 3. The second-order valence-corrected chi connectivity index (χ2v) is 15.5. The van der Waals surface area contributed by atoms with E-state index < -0.39 is 0 Å². The smallest absolute Gasteiger partial charge is 0.161 e. The number of aryl methyl sites for hydroxylation is 1. The lowest BCUT2D eigenvalue weighted by atomic mass is 9.90. The highest BCUT2D eigenvalue weighted by molar-refractivity contribution is 6.09. The van der Waals surface area contributed by atoms with Crippen LogP contribution in [0.1, 0.15) is 56.2 Å². The fourth-order valence-electron chi connectivity index (χ4n) is 9.36. The molecular weight excluding hydrogens is 731 g/mol. The number of nitrogens with zero attached hydrogens (tertiary/aromatic N) is 3. The van der Waals surface area contributed by atoms with Gasteiger partial charge in [-0.05, 0) is 96.1 Å². The lowest BCUT2D eigenvalue weighted by Gasteiger charge is -2.16. The summed E-state index contributed by atoms with van der Waals surface area (Å²) in [4.78, 5) is 10.7. The first kappa shape index (κ1) is 37.2. The molecule has 0 radical (unpaired) electrons. The first-order chi connectivity index (χ1) is 29.6. The van der Waals surface area contributed by atoms with E-state index in [1.807, 2.05) is 13.8 Å². The van der Waals surface area contributed by atoms with Crippen LogP contribution in [0.25, 0.3) is 95.3 Å². The number of furan rings is 1. The van der Waals surface area contributed by atoms with E-state index in [-0.39, 0.29) is 5.92 Å². The standard InChI is InChI=1S/C54H41N3O.C2H6/c1-3-15-35-16-7-8-19-41(35)39-22-13-23-40(34(39)2)53-43-21-9-11-25-47(43)55-54(56-53)44-24-14-27-51-52(44)46-33-37(29-31-50(46)58-51)36-28-30-49-45(32-36)42-20-10-12-26-48(42)57(49)38-17-5-4-6-18-38;1-2/h4-14,16-28,30-33,37H,3,15,29H2,1-2H3;1-2H3. The van der Waals surface area contributed by atoms with Crippen molar-refractivity contribution in [2.75, 3.05) is 0 Å². The molecule has 3 aromatic heterocycles. The Hall–Kier alpha value is -7.04. The lowest BCUT2D eigenvalue weighted by Crippen LogP contribution is -2.25. The van der Waals surface area contributed by atoms with Gasteiger partial charge in [-0.1, -0.05) is 149 Å². The van der Waals surface area contributed by atoms with E-state index in [0.717, 1.165) is 68.6 Å². The second-order valence-electron chi connectivity index (χ2n) is 15.5. The van der Waals surface area contributed by atoms with E-state index in [4.69, 9.17) is 14.4 Å². The van der Waals surface area contributed by atoms with Gasteiger partial charge in [-0.2, -0.15) is 0 Å². The van der Waals surface area contributed by atoms with Crippen LogP contribution in [0, 0.1) is 6.92 Å². The zero-order chi connectivity index (χ0) is 40.7. The summed E-state index contributed by atoms with van der Waals surface area (Å²) in [5, 5.41) is 5.73. The Kier molecular flexibility index (Phi) is 9.69. The average molecular weight is 778 g/mol. The van der Waals surface area contributed by atoms with Gasteiger partial charge in [-0.15, -0.1) is 0 Å².